The maximum absolute atomic E-state index is 9.33. The summed E-state index contributed by atoms with van der Waals surface area (Å²) in [6.45, 7) is 4.03. The molecule has 0 unspecified atom stereocenters. The largest absolute Gasteiger partial charge is 0.497 e. The van der Waals surface area contributed by atoms with Gasteiger partial charge >= 0.3 is 0 Å². The van der Waals surface area contributed by atoms with E-state index in [2.05, 4.69) is 25.1 Å². The zero-order valence-corrected chi connectivity index (χ0v) is 11.5. The highest BCUT2D eigenvalue weighted by Crippen LogP contribution is 2.23. The van der Waals surface area contributed by atoms with Crippen molar-refractivity contribution in [1.29, 1.82) is 5.26 Å². The second-order valence-corrected chi connectivity index (χ2v) is 4.69. The molecule has 0 bridgehead atoms. The van der Waals surface area contributed by atoms with Gasteiger partial charge in [-0.1, -0.05) is 24.3 Å². The monoisotopic (exact) mass is 251 g/mol. The molecule has 0 N–H and O–H groups in total. The first-order chi connectivity index (χ1) is 9.15. The van der Waals surface area contributed by atoms with Gasteiger partial charge in [0.25, 0.3) is 0 Å². The molecule has 2 aromatic carbocycles. The minimum absolute atomic E-state index is 0.758. The number of aryl methyl sites for hydroxylation is 2. The van der Waals surface area contributed by atoms with Crippen molar-refractivity contribution in [1.82, 2.24) is 0 Å². The van der Waals surface area contributed by atoms with Gasteiger partial charge in [-0.3, -0.25) is 0 Å². The van der Waals surface area contributed by atoms with Crippen molar-refractivity contribution in [3.05, 3.63) is 64.2 Å². The highest BCUT2D eigenvalue weighted by atomic mass is 16.5. The Morgan fingerprint density at radius 2 is 1.84 bits per heavy atom. The van der Waals surface area contributed by atoms with Crippen LogP contribution < -0.4 is 4.74 Å². The number of benzene rings is 2. The molecule has 0 radical (unpaired) electrons. The quantitative estimate of drug-likeness (QED) is 0.831. The predicted octanol–water partition coefficient (Wildman–Crippen LogP) is 3.77. The Morgan fingerprint density at radius 3 is 2.53 bits per heavy atom. The molecule has 2 heteroatoms. The van der Waals surface area contributed by atoms with Gasteiger partial charge in [-0.05, 0) is 54.7 Å². The average Bonchev–Trinajstić information content (AvgIpc) is 2.43. The normalized spacial score (nSPS) is 10.0. The highest BCUT2D eigenvalue weighted by molar-refractivity contribution is 5.50. The van der Waals surface area contributed by atoms with Crippen molar-refractivity contribution in [3.63, 3.8) is 0 Å². The molecule has 2 aromatic rings. The van der Waals surface area contributed by atoms with Crippen molar-refractivity contribution >= 4 is 0 Å². The van der Waals surface area contributed by atoms with Crippen LogP contribution >= 0.6 is 0 Å². The Labute approximate surface area is 114 Å². The van der Waals surface area contributed by atoms with Gasteiger partial charge in [-0.2, -0.15) is 5.26 Å². The van der Waals surface area contributed by atoms with E-state index in [0.717, 1.165) is 40.0 Å². The van der Waals surface area contributed by atoms with Crippen LogP contribution in [-0.4, -0.2) is 7.11 Å². The van der Waals surface area contributed by atoms with Crippen LogP contribution in [0.1, 0.15) is 27.8 Å². The van der Waals surface area contributed by atoms with E-state index >= 15 is 0 Å². The molecule has 0 saturated heterocycles. The molecule has 0 atom stereocenters. The van der Waals surface area contributed by atoms with Gasteiger partial charge in [-0.15, -0.1) is 0 Å². The molecule has 2 nitrogen and oxygen atoms in total. The Hall–Kier alpha value is -2.27. The standard InChI is InChI=1S/C17H17NO/c1-12-7-8-13(2)17(11-18)16(12)10-14-5-4-6-15(9-14)19-3/h4-9H,10H2,1-3H3. The van der Waals surface area contributed by atoms with Crippen LogP contribution in [0, 0.1) is 25.2 Å². The lowest BCUT2D eigenvalue weighted by Gasteiger charge is -2.11. The maximum atomic E-state index is 9.33. The van der Waals surface area contributed by atoms with E-state index in [1.165, 1.54) is 0 Å². The summed E-state index contributed by atoms with van der Waals surface area (Å²) < 4.78 is 5.24. The Morgan fingerprint density at radius 1 is 1.11 bits per heavy atom. The minimum atomic E-state index is 0.758. The van der Waals surface area contributed by atoms with Gasteiger partial charge in [0, 0.05) is 0 Å². The summed E-state index contributed by atoms with van der Waals surface area (Å²) >= 11 is 0. The lowest BCUT2D eigenvalue weighted by atomic mass is 9.93. The highest BCUT2D eigenvalue weighted by Gasteiger charge is 2.09. The van der Waals surface area contributed by atoms with Gasteiger partial charge in [-0.25, -0.2) is 0 Å². The van der Waals surface area contributed by atoms with Crippen LogP contribution in [-0.2, 0) is 6.42 Å². The molecule has 0 heterocycles. The van der Waals surface area contributed by atoms with Crippen LogP contribution in [0.5, 0.6) is 5.75 Å². The van der Waals surface area contributed by atoms with Crippen LogP contribution in [0.3, 0.4) is 0 Å². The number of hydrogen-bond acceptors (Lipinski definition) is 2. The summed E-state index contributed by atoms with van der Waals surface area (Å²) in [5.74, 6) is 0.848. The van der Waals surface area contributed by atoms with Crippen LogP contribution in [0.2, 0.25) is 0 Å². The topological polar surface area (TPSA) is 33.0 Å². The molecule has 19 heavy (non-hydrogen) atoms. The fraction of sp³-hybridized carbons (Fsp3) is 0.235. The van der Waals surface area contributed by atoms with E-state index < -0.39 is 0 Å². The number of nitrogens with zero attached hydrogens (tertiary/aromatic N) is 1. The van der Waals surface area contributed by atoms with E-state index in [-0.39, 0.29) is 0 Å². The Kier molecular flexibility index (Phi) is 3.87. The average molecular weight is 251 g/mol. The number of nitriles is 1. The number of rotatable bonds is 3. The van der Waals surface area contributed by atoms with Crippen molar-refractivity contribution in [2.24, 2.45) is 0 Å². The van der Waals surface area contributed by atoms with E-state index in [4.69, 9.17) is 4.74 Å². The van der Waals surface area contributed by atoms with E-state index in [9.17, 15) is 5.26 Å². The lowest BCUT2D eigenvalue weighted by Crippen LogP contribution is -1.99. The Bertz CT molecular complexity index is 638. The SMILES string of the molecule is COc1cccc(Cc2c(C)ccc(C)c2C#N)c1. The zero-order chi connectivity index (χ0) is 13.8. The smallest absolute Gasteiger partial charge is 0.119 e. The summed E-state index contributed by atoms with van der Waals surface area (Å²) in [5.41, 5.74) is 5.25. The maximum Gasteiger partial charge on any atom is 0.119 e. The second-order valence-electron chi connectivity index (χ2n) is 4.69. The van der Waals surface area contributed by atoms with E-state index in [1.807, 2.05) is 31.2 Å². The van der Waals surface area contributed by atoms with Crippen molar-refractivity contribution in [2.75, 3.05) is 7.11 Å². The molecule has 0 aromatic heterocycles. The molecule has 2 rings (SSSR count). The Balaban J connectivity index is 2.43. The molecular weight excluding hydrogens is 234 g/mol. The number of hydrogen-bond donors (Lipinski definition) is 0. The van der Waals surface area contributed by atoms with Crippen molar-refractivity contribution < 1.29 is 4.74 Å². The van der Waals surface area contributed by atoms with Gasteiger partial charge in [0.15, 0.2) is 0 Å². The summed E-state index contributed by atoms with van der Waals surface area (Å²) in [7, 11) is 1.66. The first-order valence-corrected chi connectivity index (χ1v) is 6.28. The predicted molar refractivity (Wildman–Crippen MR) is 76.4 cm³/mol. The molecule has 0 amide bonds. The molecule has 0 fully saturated rings. The lowest BCUT2D eigenvalue weighted by molar-refractivity contribution is 0.414. The molecular formula is C17H17NO. The molecule has 0 aliphatic heterocycles. The fourth-order valence-electron chi connectivity index (χ4n) is 2.24. The molecule has 0 spiro atoms. The zero-order valence-electron chi connectivity index (χ0n) is 11.5. The summed E-state index contributed by atoms with van der Waals surface area (Å²) in [6.07, 6.45) is 0.758. The first kappa shape index (κ1) is 13.2. The second kappa shape index (κ2) is 5.58. The van der Waals surface area contributed by atoms with Gasteiger partial charge in [0.05, 0.1) is 18.7 Å². The van der Waals surface area contributed by atoms with Gasteiger partial charge < -0.3 is 4.74 Å². The third-order valence-corrected chi connectivity index (χ3v) is 3.38. The van der Waals surface area contributed by atoms with Crippen molar-refractivity contribution in [2.45, 2.75) is 20.3 Å². The third kappa shape index (κ3) is 2.77. The number of ether oxygens (including phenoxy) is 1. The van der Waals surface area contributed by atoms with Crippen molar-refractivity contribution in [3.8, 4) is 11.8 Å². The minimum Gasteiger partial charge on any atom is -0.497 e. The first-order valence-electron chi connectivity index (χ1n) is 6.28. The van der Waals surface area contributed by atoms with Crippen LogP contribution in [0.15, 0.2) is 36.4 Å². The molecule has 96 valence electrons. The molecule has 0 aliphatic carbocycles. The van der Waals surface area contributed by atoms with E-state index in [1.54, 1.807) is 7.11 Å². The van der Waals surface area contributed by atoms with Crippen LogP contribution in [0.25, 0.3) is 0 Å². The van der Waals surface area contributed by atoms with Gasteiger partial charge in [0.1, 0.15) is 5.75 Å². The molecule has 0 aliphatic rings. The summed E-state index contributed by atoms with van der Waals surface area (Å²) in [6, 6.07) is 14.4. The van der Waals surface area contributed by atoms with Crippen LogP contribution in [0.4, 0.5) is 0 Å². The molecule has 0 saturated carbocycles. The number of methoxy groups -OCH3 is 1. The van der Waals surface area contributed by atoms with E-state index in [0.29, 0.717) is 0 Å². The van der Waals surface area contributed by atoms with Gasteiger partial charge in [0.2, 0.25) is 0 Å². The summed E-state index contributed by atoms with van der Waals surface area (Å²) in [5, 5.41) is 9.33. The fourth-order valence-corrected chi connectivity index (χ4v) is 2.24. The third-order valence-electron chi connectivity index (χ3n) is 3.38. The summed E-state index contributed by atoms with van der Waals surface area (Å²) in [4.78, 5) is 0.